The summed E-state index contributed by atoms with van der Waals surface area (Å²) < 4.78 is 29.7. The minimum Gasteiger partial charge on any atom is -0.462 e. The lowest BCUT2D eigenvalue weighted by molar-refractivity contribution is 0.0528. The normalized spacial score (nSPS) is 20.5. The van der Waals surface area contributed by atoms with E-state index in [9.17, 15) is 13.2 Å². The molecule has 0 bridgehead atoms. The summed E-state index contributed by atoms with van der Waals surface area (Å²) in [5, 5.41) is 0.879. The van der Waals surface area contributed by atoms with E-state index in [2.05, 4.69) is 20.9 Å². The van der Waals surface area contributed by atoms with Gasteiger partial charge in [-0.2, -0.15) is 0 Å². The minimum atomic E-state index is -2.99. The zero-order chi connectivity index (χ0) is 16.6. The van der Waals surface area contributed by atoms with Crippen LogP contribution >= 0.6 is 15.9 Å². The Morgan fingerprint density at radius 1 is 1.43 bits per heavy atom. The topological polar surface area (TPSA) is 76.2 Å². The van der Waals surface area contributed by atoms with Gasteiger partial charge in [-0.15, -0.1) is 0 Å². The van der Waals surface area contributed by atoms with Gasteiger partial charge in [-0.3, -0.25) is 0 Å². The Balaban J connectivity index is 2.08. The molecule has 5 nitrogen and oxygen atoms in total. The van der Waals surface area contributed by atoms with E-state index in [4.69, 9.17) is 4.74 Å². The molecule has 1 fully saturated rings. The first kappa shape index (κ1) is 16.5. The molecular formula is C16H18BrNO4S. The van der Waals surface area contributed by atoms with Crippen molar-refractivity contribution in [2.75, 3.05) is 18.1 Å². The van der Waals surface area contributed by atoms with Gasteiger partial charge in [0.2, 0.25) is 0 Å². The first-order valence-electron chi connectivity index (χ1n) is 7.59. The lowest BCUT2D eigenvalue weighted by atomic mass is 9.95. The number of fused-ring (bicyclic) bond motifs is 1. The highest BCUT2D eigenvalue weighted by atomic mass is 79.9. The Morgan fingerprint density at radius 3 is 2.91 bits per heavy atom. The first-order valence-corrected chi connectivity index (χ1v) is 10.2. The van der Waals surface area contributed by atoms with Crippen LogP contribution in [0.15, 0.2) is 22.8 Å². The molecule has 0 amide bonds. The molecule has 2 aromatic rings. The zero-order valence-electron chi connectivity index (χ0n) is 12.8. The summed E-state index contributed by atoms with van der Waals surface area (Å²) in [5.74, 6) is 0.0143. The summed E-state index contributed by atoms with van der Waals surface area (Å²) in [4.78, 5) is 15.3. The standard InChI is InChI=1S/C16H18BrNO4S/c1-2-22-16(19)13-7-11(17)6-12-14(8-18-15(12)13)10-4-3-5-23(20,21)9-10/h6-8,10,18H,2-5,9H2,1H3. The second-order valence-corrected chi connectivity index (χ2v) is 8.94. The number of ether oxygens (including phenoxy) is 1. The maximum absolute atomic E-state index is 12.1. The average Bonchev–Trinajstić information content (AvgIpc) is 2.89. The molecule has 7 heteroatoms. The molecule has 3 rings (SSSR count). The number of benzene rings is 1. The Morgan fingerprint density at radius 2 is 2.22 bits per heavy atom. The van der Waals surface area contributed by atoms with Crippen LogP contribution in [0.4, 0.5) is 0 Å². The summed E-state index contributed by atoms with van der Waals surface area (Å²) >= 11 is 3.43. The van der Waals surface area contributed by atoms with E-state index in [-0.39, 0.29) is 23.4 Å². The summed E-state index contributed by atoms with van der Waals surface area (Å²) in [6.45, 7) is 2.07. The number of aromatic amines is 1. The van der Waals surface area contributed by atoms with Crippen molar-refractivity contribution >= 4 is 42.6 Å². The van der Waals surface area contributed by atoms with Crippen molar-refractivity contribution in [1.29, 1.82) is 0 Å². The van der Waals surface area contributed by atoms with Crippen LogP contribution < -0.4 is 0 Å². The van der Waals surface area contributed by atoms with Crippen LogP contribution in [0, 0.1) is 0 Å². The molecule has 1 aliphatic heterocycles. The molecule has 2 heterocycles. The number of carbonyl (C=O) groups excluding carboxylic acids is 1. The fourth-order valence-corrected chi connectivity index (χ4v) is 5.38. The predicted octanol–water partition coefficient (Wildman–Crippen LogP) is 3.40. The number of esters is 1. The van der Waals surface area contributed by atoms with Crippen LogP contribution in [-0.4, -0.2) is 37.5 Å². The molecule has 1 N–H and O–H groups in total. The van der Waals surface area contributed by atoms with E-state index in [0.29, 0.717) is 24.1 Å². The Bertz CT molecular complexity index is 856. The van der Waals surface area contributed by atoms with E-state index in [1.54, 1.807) is 13.0 Å². The molecule has 1 aliphatic rings. The molecule has 1 atom stereocenters. The van der Waals surface area contributed by atoms with Crippen molar-refractivity contribution in [3.8, 4) is 0 Å². The smallest absolute Gasteiger partial charge is 0.340 e. The molecular weight excluding hydrogens is 382 g/mol. The van der Waals surface area contributed by atoms with Gasteiger partial charge in [0.05, 0.1) is 29.2 Å². The van der Waals surface area contributed by atoms with Gasteiger partial charge < -0.3 is 9.72 Å². The van der Waals surface area contributed by atoms with Gasteiger partial charge in [0.25, 0.3) is 0 Å². The van der Waals surface area contributed by atoms with Gasteiger partial charge in [0.1, 0.15) is 0 Å². The number of sulfone groups is 1. The Hall–Kier alpha value is -1.34. The molecule has 0 radical (unpaired) electrons. The van der Waals surface area contributed by atoms with E-state index >= 15 is 0 Å². The number of H-pyrrole nitrogens is 1. The van der Waals surface area contributed by atoms with Crippen molar-refractivity contribution < 1.29 is 17.9 Å². The van der Waals surface area contributed by atoms with Crippen LogP contribution in [0.1, 0.15) is 41.6 Å². The number of hydrogen-bond acceptors (Lipinski definition) is 4. The second kappa shape index (κ2) is 6.28. The van der Waals surface area contributed by atoms with Gasteiger partial charge >= 0.3 is 5.97 Å². The highest BCUT2D eigenvalue weighted by Gasteiger charge is 2.28. The molecule has 1 aromatic heterocycles. The molecule has 124 valence electrons. The quantitative estimate of drug-likeness (QED) is 0.802. The summed E-state index contributed by atoms with van der Waals surface area (Å²) in [7, 11) is -2.99. The monoisotopic (exact) mass is 399 g/mol. The van der Waals surface area contributed by atoms with Crippen LogP contribution in [0.25, 0.3) is 10.9 Å². The van der Waals surface area contributed by atoms with Crippen molar-refractivity contribution in [3.63, 3.8) is 0 Å². The van der Waals surface area contributed by atoms with Crippen molar-refractivity contribution in [3.05, 3.63) is 33.9 Å². The number of hydrogen-bond donors (Lipinski definition) is 1. The maximum atomic E-state index is 12.1. The second-order valence-electron chi connectivity index (χ2n) is 5.79. The highest BCUT2D eigenvalue weighted by molar-refractivity contribution is 9.10. The molecule has 0 spiro atoms. The molecule has 0 saturated carbocycles. The average molecular weight is 400 g/mol. The SMILES string of the molecule is CCOC(=O)c1cc(Br)cc2c(C3CCCS(=O)(=O)C3)c[nH]c12. The summed E-state index contributed by atoms with van der Waals surface area (Å²) in [5.41, 5.74) is 2.11. The number of halogens is 1. The largest absolute Gasteiger partial charge is 0.462 e. The Kier molecular flexibility index (Phi) is 4.51. The Labute approximate surface area is 143 Å². The molecule has 23 heavy (non-hydrogen) atoms. The van der Waals surface area contributed by atoms with Gasteiger partial charge in [-0.25, -0.2) is 13.2 Å². The van der Waals surface area contributed by atoms with Crippen LogP contribution in [0.3, 0.4) is 0 Å². The van der Waals surface area contributed by atoms with Crippen molar-refractivity contribution in [2.24, 2.45) is 0 Å². The van der Waals surface area contributed by atoms with E-state index in [0.717, 1.165) is 21.8 Å². The molecule has 0 aliphatic carbocycles. The van der Waals surface area contributed by atoms with E-state index in [1.807, 2.05) is 12.3 Å². The third-order valence-corrected chi connectivity index (χ3v) is 6.46. The van der Waals surface area contributed by atoms with Crippen LogP contribution in [0.2, 0.25) is 0 Å². The maximum Gasteiger partial charge on any atom is 0.340 e. The van der Waals surface area contributed by atoms with E-state index < -0.39 is 9.84 Å². The number of rotatable bonds is 3. The minimum absolute atomic E-state index is 0.0353. The van der Waals surface area contributed by atoms with Gasteiger partial charge in [-0.05, 0) is 43.4 Å². The van der Waals surface area contributed by atoms with Gasteiger partial charge in [-0.1, -0.05) is 15.9 Å². The third-order valence-electron chi connectivity index (χ3n) is 4.18. The van der Waals surface area contributed by atoms with Gasteiger partial charge in [0.15, 0.2) is 9.84 Å². The molecule has 1 unspecified atom stereocenters. The van der Waals surface area contributed by atoms with Crippen molar-refractivity contribution in [1.82, 2.24) is 4.98 Å². The first-order chi connectivity index (χ1) is 10.9. The predicted molar refractivity (Wildman–Crippen MR) is 92.6 cm³/mol. The lowest BCUT2D eigenvalue weighted by Gasteiger charge is -2.21. The number of aromatic nitrogens is 1. The molecule has 1 saturated heterocycles. The fourth-order valence-electron chi connectivity index (χ4n) is 3.19. The summed E-state index contributed by atoms with van der Waals surface area (Å²) in [6, 6.07) is 3.64. The zero-order valence-corrected chi connectivity index (χ0v) is 15.2. The molecule has 1 aromatic carbocycles. The third kappa shape index (κ3) is 3.30. The fraction of sp³-hybridized carbons (Fsp3) is 0.438. The van der Waals surface area contributed by atoms with Crippen LogP contribution in [0.5, 0.6) is 0 Å². The van der Waals surface area contributed by atoms with E-state index in [1.165, 1.54) is 0 Å². The summed E-state index contributed by atoms with van der Waals surface area (Å²) in [6.07, 6.45) is 3.34. The highest BCUT2D eigenvalue weighted by Crippen LogP contribution is 2.35. The lowest BCUT2D eigenvalue weighted by Crippen LogP contribution is -2.23. The van der Waals surface area contributed by atoms with Crippen LogP contribution in [-0.2, 0) is 14.6 Å². The van der Waals surface area contributed by atoms with Crippen molar-refractivity contribution in [2.45, 2.75) is 25.7 Å². The number of carbonyl (C=O) groups is 1. The number of nitrogens with one attached hydrogen (secondary N) is 1. The van der Waals surface area contributed by atoms with Gasteiger partial charge in [0, 0.05) is 16.1 Å².